The normalized spacial score (nSPS) is 22.1. The van der Waals surface area contributed by atoms with Crippen molar-refractivity contribution in [1.82, 2.24) is 5.32 Å². The van der Waals surface area contributed by atoms with Gasteiger partial charge in [-0.1, -0.05) is 18.2 Å². The van der Waals surface area contributed by atoms with Gasteiger partial charge in [0, 0.05) is 23.4 Å². The standard InChI is InChI=1S/C15H20N2OS/c1-15(7-4-10-19-15)12-17-11-13-5-2-3-6-14(13)18-9-8-16/h2-3,5-6,17H,4,7,9-12H2,1H3. The van der Waals surface area contributed by atoms with Gasteiger partial charge in [0.05, 0.1) is 0 Å². The van der Waals surface area contributed by atoms with E-state index in [1.165, 1.54) is 18.6 Å². The van der Waals surface area contributed by atoms with E-state index < -0.39 is 0 Å². The van der Waals surface area contributed by atoms with Crippen molar-refractivity contribution in [3.8, 4) is 11.8 Å². The zero-order valence-electron chi connectivity index (χ0n) is 11.3. The maximum absolute atomic E-state index is 8.58. The van der Waals surface area contributed by atoms with Gasteiger partial charge in [-0.2, -0.15) is 17.0 Å². The maximum atomic E-state index is 8.58. The summed E-state index contributed by atoms with van der Waals surface area (Å²) in [5.74, 6) is 2.08. The lowest BCUT2D eigenvalue weighted by atomic mass is 10.1. The van der Waals surface area contributed by atoms with Crippen molar-refractivity contribution in [2.75, 3.05) is 18.9 Å². The third-order valence-corrected chi connectivity index (χ3v) is 4.92. The van der Waals surface area contributed by atoms with Crippen LogP contribution in [0, 0.1) is 11.3 Å². The van der Waals surface area contributed by atoms with E-state index in [-0.39, 0.29) is 6.61 Å². The summed E-state index contributed by atoms with van der Waals surface area (Å²) >= 11 is 2.06. The highest BCUT2D eigenvalue weighted by atomic mass is 32.2. The second-order valence-electron chi connectivity index (χ2n) is 5.06. The van der Waals surface area contributed by atoms with Crippen LogP contribution in [0.15, 0.2) is 24.3 Å². The number of rotatable bonds is 6. The van der Waals surface area contributed by atoms with Crippen LogP contribution in [-0.2, 0) is 6.54 Å². The molecule has 1 saturated heterocycles. The number of benzene rings is 1. The van der Waals surface area contributed by atoms with Crippen molar-refractivity contribution in [3.63, 3.8) is 0 Å². The number of para-hydroxylation sites is 1. The number of ether oxygens (including phenoxy) is 1. The molecule has 3 nitrogen and oxygen atoms in total. The minimum Gasteiger partial charge on any atom is -0.478 e. The summed E-state index contributed by atoms with van der Waals surface area (Å²) in [5.41, 5.74) is 1.12. The van der Waals surface area contributed by atoms with Gasteiger partial charge >= 0.3 is 0 Å². The highest BCUT2D eigenvalue weighted by molar-refractivity contribution is 8.00. The van der Waals surface area contributed by atoms with Gasteiger partial charge in [-0.25, -0.2) is 0 Å². The van der Waals surface area contributed by atoms with E-state index in [1.54, 1.807) is 0 Å². The Bertz CT molecular complexity index is 450. The molecule has 0 amide bonds. The fraction of sp³-hybridized carbons (Fsp3) is 0.533. The van der Waals surface area contributed by atoms with E-state index in [0.29, 0.717) is 4.75 Å². The lowest BCUT2D eigenvalue weighted by Gasteiger charge is -2.23. The quantitative estimate of drug-likeness (QED) is 0.867. The van der Waals surface area contributed by atoms with Crippen LogP contribution in [-0.4, -0.2) is 23.7 Å². The molecule has 0 aliphatic carbocycles. The van der Waals surface area contributed by atoms with Gasteiger partial charge in [0.1, 0.15) is 11.8 Å². The van der Waals surface area contributed by atoms with Gasteiger partial charge in [0.2, 0.25) is 0 Å². The Morgan fingerprint density at radius 2 is 2.32 bits per heavy atom. The van der Waals surface area contributed by atoms with Crippen LogP contribution in [0.5, 0.6) is 5.75 Å². The Morgan fingerprint density at radius 3 is 3.05 bits per heavy atom. The second kappa shape index (κ2) is 6.83. The SMILES string of the molecule is CC1(CNCc2ccccc2OCC#N)CCCS1. The Morgan fingerprint density at radius 1 is 1.47 bits per heavy atom. The predicted octanol–water partition coefficient (Wildman–Crippen LogP) is 2.96. The monoisotopic (exact) mass is 276 g/mol. The fourth-order valence-electron chi connectivity index (χ4n) is 2.34. The molecule has 0 saturated carbocycles. The first kappa shape index (κ1) is 14.2. The minimum atomic E-state index is 0.102. The summed E-state index contributed by atoms with van der Waals surface area (Å²) in [6.45, 7) is 4.24. The molecule has 1 N–H and O–H groups in total. The molecule has 19 heavy (non-hydrogen) atoms. The minimum absolute atomic E-state index is 0.102. The van der Waals surface area contributed by atoms with E-state index in [4.69, 9.17) is 10.00 Å². The van der Waals surface area contributed by atoms with Crippen LogP contribution in [0.4, 0.5) is 0 Å². The largest absolute Gasteiger partial charge is 0.478 e. The number of hydrogen-bond donors (Lipinski definition) is 1. The van der Waals surface area contributed by atoms with Crippen molar-refractivity contribution in [3.05, 3.63) is 29.8 Å². The van der Waals surface area contributed by atoms with Crippen molar-refractivity contribution in [2.24, 2.45) is 0 Å². The van der Waals surface area contributed by atoms with Crippen LogP contribution in [0.1, 0.15) is 25.3 Å². The van der Waals surface area contributed by atoms with E-state index >= 15 is 0 Å². The number of nitrogens with one attached hydrogen (secondary N) is 1. The van der Waals surface area contributed by atoms with Gasteiger partial charge in [-0.05, 0) is 31.6 Å². The molecular formula is C15H20N2OS. The molecule has 102 valence electrons. The van der Waals surface area contributed by atoms with Crippen molar-refractivity contribution in [2.45, 2.75) is 31.1 Å². The molecule has 2 rings (SSSR count). The molecule has 4 heteroatoms. The highest BCUT2D eigenvalue weighted by Gasteiger charge is 2.28. The van der Waals surface area contributed by atoms with Gasteiger partial charge in [-0.15, -0.1) is 0 Å². The first-order chi connectivity index (χ1) is 9.23. The molecule has 0 radical (unpaired) electrons. The fourth-order valence-corrected chi connectivity index (χ4v) is 3.61. The van der Waals surface area contributed by atoms with Crippen LogP contribution in [0.25, 0.3) is 0 Å². The number of thioether (sulfide) groups is 1. The topological polar surface area (TPSA) is 45.0 Å². The summed E-state index contributed by atoms with van der Waals surface area (Å²) in [7, 11) is 0. The zero-order valence-corrected chi connectivity index (χ0v) is 12.1. The van der Waals surface area contributed by atoms with Crippen molar-refractivity contribution >= 4 is 11.8 Å². The van der Waals surface area contributed by atoms with Crippen molar-refractivity contribution in [1.29, 1.82) is 5.26 Å². The smallest absolute Gasteiger partial charge is 0.174 e. The molecule has 0 bridgehead atoms. The molecule has 0 aromatic heterocycles. The summed E-state index contributed by atoms with van der Waals surface area (Å²) in [5, 5.41) is 12.1. The van der Waals surface area contributed by atoms with Crippen LogP contribution in [0.2, 0.25) is 0 Å². The maximum Gasteiger partial charge on any atom is 0.174 e. The number of hydrogen-bond acceptors (Lipinski definition) is 4. The average Bonchev–Trinajstić information content (AvgIpc) is 2.85. The van der Waals surface area contributed by atoms with E-state index in [0.717, 1.165) is 24.4 Å². The van der Waals surface area contributed by atoms with Gasteiger partial charge in [0.15, 0.2) is 6.61 Å². The number of nitrogens with zero attached hydrogens (tertiary/aromatic N) is 1. The van der Waals surface area contributed by atoms with Crippen LogP contribution in [0.3, 0.4) is 0 Å². The number of nitriles is 1. The highest BCUT2D eigenvalue weighted by Crippen LogP contribution is 2.37. The first-order valence-corrected chi connectivity index (χ1v) is 7.64. The molecule has 1 aromatic carbocycles. The lowest BCUT2D eigenvalue weighted by Crippen LogP contribution is -2.32. The lowest BCUT2D eigenvalue weighted by molar-refractivity contribution is 0.362. The van der Waals surface area contributed by atoms with Gasteiger partial charge in [-0.3, -0.25) is 0 Å². The molecule has 1 aromatic rings. The molecule has 1 aliphatic heterocycles. The van der Waals surface area contributed by atoms with E-state index in [2.05, 4.69) is 24.0 Å². The summed E-state index contributed by atoms with van der Waals surface area (Å²) in [6.07, 6.45) is 2.61. The van der Waals surface area contributed by atoms with Crippen molar-refractivity contribution < 1.29 is 4.74 Å². The van der Waals surface area contributed by atoms with Gasteiger partial charge in [0.25, 0.3) is 0 Å². The average molecular weight is 276 g/mol. The zero-order chi connectivity index (χ0) is 13.6. The first-order valence-electron chi connectivity index (χ1n) is 6.66. The summed E-state index contributed by atoms with van der Waals surface area (Å²) in [6, 6.07) is 9.90. The van der Waals surface area contributed by atoms with E-state index in [9.17, 15) is 0 Å². The molecular weight excluding hydrogens is 256 g/mol. The predicted molar refractivity (Wildman–Crippen MR) is 79.4 cm³/mol. The second-order valence-corrected chi connectivity index (χ2v) is 6.74. The summed E-state index contributed by atoms with van der Waals surface area (Å²) in [4.78, 5) is 0. The third kappa shape index (κ3) is 4.15. The van der Waals surface area contributed by atoms with Gasteiger partial charge < -0.3 is 10.1 Å². The molecule has 0 spiro atoms. The third-order valence-electron chi connectivity index (χ3n) is 3.38. The molecule has 1 atom stereocenters. The Kier molecular flexibility index (Phi) is 5.12. The van der Waals surface area contributed by atoms with Crippen LogP contribution >= 0.6 is 11.8 Å². The molecule has 1 fully saturated rings. The Hall–Kier alpha value is -1.18. The molecule has 1 heterocycles. The molecule has 1 unspecified atom stereocenters. The molecule has 1 aliphatic rings. The Labute approximate surface area is 119 Å². The Balaban J connectivity index is 1.87. The summed E-state index contributed by atoms with van der Waals surface area (Å²) < 4.78 is 5.81. The van der Waals surface area contributed by atoms with Crippen LogP contribution < -0.4 is 10.1 Å². The van der Waals surface area contributed by atoms with E-state index in [1.807, 2.05) is 30.3 Å².